The van der Waals surface area contributed by atoms with Gasteiger partial charge in [0.05, 0.1) is 5.92 Å². The van der Waals surface area contributed by atoms with Gasteiger partial charge >= 0.3 is 0 Å². The van der Waals surface area contributed by atoms with Crippen LogP contribution >= 0.6 is 0 Å². The van der Waals surface area contributed by atoms with Gasteiger partial charge in [0.15, 0.2) is 0 Å². The van der Waals surface area contributed by atoms with E-state index in [1.54, 1.807) is 0 Å². The highest BCUT2D eigenvalue weighted by molar-refractivity contribution is 5.93. The summed E-state index contributed by atoms with van der Waals surface area (Å²) in [4.78, 5) is 12.4. The van der Waals surface area contributed by atoms with Crippen LogP contribution in [0.3, 0.4) is 0 Å². The van der Waals surface area contributed by atoms with Crippen LogP contribution in [0.5, 0.6) is 0 Å². The highest BCUT2D eigenvalue weighted by atomic mass is 16.2. The monoisotopic (exact) mass is 281 g/mol. The van der Waals surface area contributed by atoms with Gasteiger partial charge in [0.2, 0.25) is 5.91 Å². The first-order valence-corrected chi connectivity index (χ1v) is 7.60. The minimum absolute atomic E-state index is 0.124. The van der Waals surface area contributed by atoms with Gasteiger partial charge in [-0.3, -0.25) is 4.79 Å². The summed E-state index contributed by atoms with van der Waals surface area (Å²) in [5, 5.41) is 6.59. The van der Waals surface area contributed by atoms with Crippen molar-refractivity contribution in [1.82, 2.24) is 9.88 Å². The second kappa shape index (κ2) is 5.04. The number of hydrogen-bond acceptors (Lipinski definition) is 2. The number of rotatable bonds is 3. The molecule has 2 saturated heterocycles. The first kappa shape index (κ1) is 12.7. The minimum atomic E-state index is 0.124. The molecule has 1 aromatic carbocycles. The Bertz CT molecular complexity index is 650. The summed E-state index contributed by atoms with van der Waals surface area (Å²) in [6.45, 7) is 0. The normalized spacial score (nSPS) is 27.0. The number of anilines is 1. The molecular formula is C17H19N3O. The molecule has 2 bridgehead atoms. The Morgan fingerprint density at radius 1 is 1.19 bits per heavy atom. The maximum atomic E-state index is 12.4. The van der Waals surface area contributed by atoms with Gasteiger partial charge in [-0.15, -0.1) is 0 Å². The molecule has 2 aromatic rings. The highest BCUT2D eigenvalue weighted by Crippen LogP contribution is 2.34. The molecule has 3 unspecified atom stereocenters. The number of carbonyl (C=O) groups is 1. The van der Waals surface area contributed by atoms with E-state index in [2.05, 4.69) is 10.6 Å². The van der Waals surface area contributed by atoms with Crippen LogP contribution < -0.4 is 10.6 Å². The number of benzene rings is 1. The third-order valence-electron chi connectivity index (χ3n) is 4.65. The Morgan fingerprint density at radius 3 is 2.76 bits per heavy atom. The quantitative estimate of drug-likeness (QED) is 0.908. The van der Waals surface area contributed by atoms with Crippen molar-refractivity contribution in [1.29, 1.82) is 0 Å². The summed E-state index contributed by atoms with van der Waals surface area (Å²) in [7, 11) is 0. The van der Waals surface area contributed by atoms with Crippen molar-refractivity contribution in [2.24, 2.45) is 5.92 Å². The maximum absolute atomic E-state index is 12.4. The maximum Gasteiger partial charge on any atom is 0.229 e. The fraction of sp³-hybridized carbons (Fsp3) is 0.353. The van der Waals surface area contributed by atoms with E-state index in [4.69, 9.17) is 0 Å². The molecule has 2 aliphatic heterocycles. The number of aromatic nitrogens is 1. The molecule has 1 amide bonds. The van der Waals surface area contributed by atoms with E-state index in [1.807, 2.05) is 53.4 Å². The average molecular weight is 281 g/mol. The van der Waals surface area contributed by atoms with Gasteiger partial charge in [0.25, 0.3) is 0 Å². The van der Waals surface area contributed by atoms with Crippen molar-refractivity contribution in [3.63, 3.8) is 0 Å². The smallest absolute Gasteiger partial charge is 0.229 e. The lowest BCUT2D eigenvalue weighted by Gasteiger charge is -2.19. The first-order chi connectivity index (χ1) is 10.3. The van der Waals surface area contributed by atoms with Gasteiger partial charge < -0.3 is 15.2 Å². The topological polar surface area (TPSA) is 46.1 Å². The van der Waals surface area contributed by atoms with E-state index in [-0.39, 0.29) is 11.8 Å². The molecule has 0 radical (unpaired) electrons. The second-order valence-corrected chi connectivity index (χ2v) is 6.02. The average Bonchev–Trinajstić information content (AvgIpc) is 3.24. The van der Waals surface area contributed by atoms with Crippen molar-refractivity contribution in [3.8, 4) is 5.69 Å². The Balaban J connectivity index is 1.50. The van der Waals surface area contributed by atoms with E-state index in [1.165, 1.54) is 6.42 Å². The molecule has 0 aliphatic carbocycles. The van der Waals surface area contributed by atoms with Gasteiger partial charge in [-0.2, -0.15) is 0 Å². The first-order valence-electron chi connectivity index (χ1n) is 7.60. The van der Waals surface area contributed by atoms with Crippen molar-refractivity contribution < 1.29 is 4.79 Å². The molecule has 4 rings (SSSR count). The van der Waals surface area contributed by atoms with Crippen molar-refractivity contribution in [3.05, 3.63) is 48.8 Å². The molecule has 0 spiro atoms. The predicted molar refractivity (Wildman–Crippen MR) is 82.5 cm³/mol. The van der Waals surface area contributed by atoms with Gasteiger partial charge in [0, 0.05) is 35.9 Å². The number of fused-ring (bicyclic) bond motifs is 2. The summed E-state index contributed by atoms with van der Waals surface area (Å²) in [5.74, 6) is 0.276. The van der Waals surface area contributed by atoms with Crippen LogP contribution in [0.2, 0.25) is 0 Å². The summed E-state index contributed by atoms with van der Waals surface area (Å²) in [6, 6.07) is 12.9. The molecule has 4 heteroatoms. The van der Waals surface area contributed by atoms with E-state index >= 15 is 0 Å². The second-order valence-electron chi connectivity index (χ2n) is 6.02. The largest absolute Gasteiger partial charge is 0.326 e. The summed E-state index contributed by atoms with van der Waals surface area (Å²) < 4.78 is 2.04. The predicted octanol–water partition coefficient (Wildman–Crippen LogP) is 2.56. The van der Waals surface area contributed by atoms with Gasteiger partial charge in [-0.05, 0) is 49.6 Å². The molecule has 108 valence electrons. The van der Waals surface area contributed by atoms with Gasteiger partial charge in [-0.25, -0.2) is 0 Å². The van der Waals surface area contributed by atoms with Crippen LogP contribution in [0, 0.1) is 5.92 Å². The Labute approximate surface area is 124 Å². The Hall–Kier alpha value is -2.07. The zero-order chi connectivity index (χ0) is 14.2. The molecule has 2 fully saturated rings. The molecule has 21 heavy (non-hydrogen) atoms. The summed E-state index contributed by atoms with van der Waals surface area (Å²) in [6.07, 6.45) is 7.33. The summed E-state index contributed by atoms with van der Waals surface area (Å²) >= 11 is 0. The van der Waals surface area contributed by atoms with Crippen molar-refractivity contribution in [2.45, 2.75) is 31.3 Å². The number of carbonyl (C=O) groups excluding carboxylic acids is 1. The van der Waals surface area contributed by atoms with E-state index in [0.29, 0.717) is 12.1 Å². The molecule has 0 saturated carbocycles. The molecule has 2 N–H and O–H groups in total. The fourth-order valence-corrected chi connectivity index (χ4v) is 3.60. The van der Waals surface area contributed by atoms with Crippen LogP contribution in [-0.2, 0) is 4.79 Å². The zero-order valence-corrected chi connectivity index (χ0v) is 11.8. The van der Waals surface area contributed by atoms with E-state index < -0.39 is 0 Å². The van der Waals surface area contributed by atoms with Crippen LogP contribution in [0.25, 0.3) is 5.69 Å². The highest BCUT2D eigenvalue weighted by Gasteiger charge is 2.42. The Morgan fingerprint density at radius 2 is 2.05 bits per heavy atom. The number of nitrogens with one attached hydrogen (secondary N) is 2. The minimum Gasteiger partial charge on any atom is -0.326 e. The van der Waals surface area contributed by atoms with Crippen LogP contribution in [-0.4, -0.2) is 22.6 Å². The van der Waals surface area contributed by atoms with E-state index in [9.17, 15) is 4.79 Å². The SMILES string of the molecule is O=C(Nc1cccc(-n2cccc2)c1)C1CC2CCC1N2. The zero-order valence-electron chi connectivity index (χ0n) is 11.8. The Kier molecular flexibility index (Phi) is 3.04. The third-order valence-corrected chi connectivity index (χ3v) is 4.65. The lowest BCUT2D eigenvalue weighted by Crippen LogP contribution is -2.32. The lowest BCUT2D eigenvalue weighted by molar-refractivity contribution is -0.120. The molecular weight excluding hydrogens is 262 g/mol. The molecule has 3 atom stereocenters. The molecule has 1 aromatic heterocycles. The fourth-order valence-electron chi connectivity index (χ4n) is 3.60. The molecule has 3 heterocycles. The lowest BCUT2D eigenvalue weighted by atomic mass is 9.88. The van der Waals surface area contributed by atoms with E-state index in [0.717, 1.165) is 24.2 Å². The number of amides is 1. The van der Waals surface area contributed by atoms with Crippen molar-refractivity contribution >= 4 is 11.6 Å². The molecule has 4 nitrogen and oxygen atoms in total. The van der Waals surface area contributed by atoms with Crippen molar-refractivity contribution in [2.75, 3.05) is 5.32 Å². The standard InChI is InChI=1S/C17H19N3O/c21-17(15-11-13-6-7-16(15)18-13)19-12-4-3-5-14(10-12)20-8-1-2-9-20/h1-5,8-10,13,15-16,18H,6-7,11H2,(H,19,21). The molecule has 2 aliphatic rings. The number of nitrogens with zero attached hydrogens (tertiary/aromatic N) is 1. The van der Waals surface area contributed by atoms with Gasteiger partial charge in [-0.1, -0.05) is 6.07 Å². The van der Waals surface area contributed by atoms with Crippen LogP contribution in [0.1, 0.15) is 19.3 Å². The number of hydrogen-bond donors (Lipinski definition) is 2. The summed E-state index contributed by atoms with van der Waals surface area (Å²) in [5.41, 5.74) is 1.93. The van der Waals surface area contributed by atoms with Gasteiger partial charge in [0.1, 0.15) is 0 Å². The third kappa shape index (κ3) is 2.36. The van der Waals surface area contributed by atoms with Crippen LogP contribution in [0.4, 0.5) is 5.69 Å². The van der Waals surface area contributed by atoms with Crippen LogP contribution in [0.15, 0.2) is 48.8 Å².